The molecule has 0 spiro atoms. The third kappa shape index (κ3) is 37.3. The smallest absolute Gasteiger partial charge is 0.306 e. The number of esters is 2. The Hall–Kier alpha value is -4.27. The maximum atomic E-state index is 12.7. The maximum Gasteiger partial charge on any atom is 0.306 e. The van der Waals surface area contributed by atoms with E-state index < -0.39 is 18.1 Å². The molecule has 0 fully saturated rings. The summed E-state index contributed by atoms with van der Waals surface area (Å²) in [6.07, 6.45) is 55.2. The van der Waals surface area contributed by atoms with Gasteiger partial charge in [-0.2, -0.15) is 0 Å². The molecule has 324 valence electrons. The van der Waals surface area contributed by atoms with Crippen LogP contribution >= 0.6 is 0 Å². The number of likely N-dealkylation sites (N-methyl/N-ethyl adjacent to an activating group) is 1. The molecule has 0 saturated carbocycles. The molecule has 0 aliphatic carbocycles. The molecule has 2 unspecified atom stereocenters. The lowest BCUT2D eigenvalue weighted by molar-refractivity contribution is -0.889. The second-order valence-corrected chi connectivity index (χ2v) is 15.0. The van der Waals surface area contributed by atoms with Crippen LogP contribution in [0.25, 0.3) is 0 Å². The molecule has 0 saturated heterocycles. The maximum absolute atomic E-state index is 12.7. The molecule has 0 aromatic carbocycles. The van der Waals surface area contributed by atoms with E-state index in [0.29, 0.717) is 12.8 Å². The number of quaternary nitrogens is 1. The molecule has 0 N–H and O–H groups in total. The molecular formula is C50H77NO7. The minimum Gasteiger partial charge on any atom is -0.544 e. The van der Waals surface area contributed by atoms with Crippen LogP contribution in [0.1, 0.15) is 123 Å². The minimum absolute atomic E-state index is 0.00251. The Morgan fingerprint density at radius 2 is 1.07 bits per heavy atom. The summed E-state index contributed by atoms with van der Waals surface area (Å²) in [5, 5.41) is 11.6. The molecule has 2 atom stereocenters. The van der Waals surface area contributed by atoms with E-state index >= 15 is 0 Å². The summed E-state index contributed by atoms with van der Waals surface area (Å²) in [7, 11) is 5.36. The first-order chi connectivity index (χ1) is 28.1. The first-order valence-corrected chi connectivity index (χ1v) is 21.6. The van der Waals surface area contributed by atoms with E-state index in [9.17, 15) is 19.5 Å². The van der Waals surface area contributed by atoms with Crippen LogP contribution in [0.2, 0.25) is 0 Å². The zero-order valence-electron chi connectivity index (χ0n) is 36.6. The number of allylic oxidation sites excluding steroid dienone is 20. The predicted octanol–water partition coefficient (Wildman–Crippen LogP) is 10.5. The Bertz CT molecular complexity index is 1350. The second kappa shape index (κ2) is 39.6. The first kappa shape index (κ1) is 53.7. The summed E-state index contributed by atoms with van der Waals surface area (Å²) >= 11 is 0. The second-order valence-electron chi connectivity index (χ2n) is 15.0. The molecule has 0 aromatic rings. The fraction of sp³-hybridized carbons (Fsp3) is 0.540. The van der Waals surface area contributed by atoms with Gasteiger partial charge in [0, 0.05) is 19.3 Å². The number of aliphatic carboxylic acids is 1. The Kier molecular flexibility index (Phi) is 36.6. The van der Waals surface area contributed by atoms with Gasteiger partial charge in [-0.1, -0.05) is 161 Å². The third-order valence-electron chi connectivity index (χ3n) is 8.70. The number of ether oxygens (including phenoxy) is 3. The average Bonchev–Trinajstić information content (AvgIpc) is 3.18. The van der Waals surface area contributed by atoms with Crippen molar-refractivity contribution >= 4 is 17.9 Å². The van der Waals surface area contributed by atoms with Gasteiger partial charge >= 0.3 is 11.9 Å². The van der Waals surface area contributed by atoms with Gasteiger partial charge in [-0.3, -0.25) is 9.59 Å². The van der Waals surface area contributed by atoms with Crippen LogP contribution in [0.5, 0.6) is 0 Å². The highest BCUT2D eigenvalue weighted by atomic mass is 16.6. The van der Waals surface area contributed by atoms with Gasteiger partial charge in [-0.15, -0.1) is 0 Å². The molecule has 0 radical (unpaired) electrons. The molecule has 8 nitrogen and oxygen atoms in total. The van der Waals surface area contributed by atoms with Crippen molar-refractivity contribution in [1.29, 1.82) is 0 Å². The van der Waals surface area contributed by atoms with Gasteiger partial charge < -0.3 is 28.6 Å². The number of carboxylic acids is 1. The molecule has 8 heteroatoms. The lowest BCUT2D eigenvalue weighted by atomic mass is 10.1. The number of unbranched alkanes of at least 4 members (excludes halogenated alkanes) is 6. The quantitative estimate of drug-likeness (QED) is 0.0204. The van der Waals surface area contributed by atoms with Gasteiger partial charge in [0.2, 0.25) is 0 Å². The topological polar surface area (TPSA) is 102 Å². The van der Waals surface area contributed by atoms with Crippen molar-refractivity contribution in [1.82, 2.24) is 0 Å². The largest absolute Gasteiger partial charge is 0.544 e. The lowest BCUT2D eigenvalue weighted by Gasteiger charge is -2.34. The van der Waals surface area contributed by atoms with E-state index in [1.54, 1.807) is 21.1 Å². The van der Waals surface area contributed by atoms with Crippen molar-refractivity contribution in [3.05, 3.63) is 122 Å². The molecule has 0 heterocycles. The van der Waals surface area contributed by atoms with Crippen LogP contribution in [0, 0.1) is 0 Å². The van der Waals surface area contributed by atoms with E-state index in [1.807, 2.05) is 48.6 Å². The Balaban J connectivity index is 4.56. The van der Waals surface area contributed by atoms with E-state index in [-0.39, 0.29) is 55.5 Å². The number of hydrogen-bond acceptors (Lipinski definition) is 7. The first-order valence-electron chi connectivity index (χ1n) is 21.6. The van der Waals surface area contributed by atoms with Crippen molar-refractivity contribution in [3.63, 3.8) is 0 Å². The van der Waals surface area contributed by atoms with Gasteiger partial charge in [-0.25, -0.2) is 0 Å². The number of carbonyl (C=O) groups is 3. The van der Waals surface area contributed by atoms with Crippen LogP contribution in [0.3, 0.4) is 0 Å². The van der Waals surface area contributed by atoms with Crippen molar-refractivity contribution in [2.75, 3.05) is 41.0 Å². The van der Waals surface area contributed by atoms with Gasteiger partial charge in [0.25, 0.3) is 0 Å². The number of carbonyl (C=O) groups excluding carboxylic acids is 3. The fourth-order valence-corrected chi connectivity index (χ4v) is 5.38. The average molecular weight is 804 g/mol. The molecule has 0 aliphatic heterocycles. The molecule has 0 amide bonds. The Labute approximate surface area is 352 Å². The van der Waals surface area contributed by atoms with Crippen molar-refractivity contribution in [3.8, 4) is 0 Å². The van der Waals surface area contributed by atoms with Crippen LogP contribution < -0.4 is 5.11 Å². The third-order valence-corrected chi connectivity index (χ3v) is 8.70. The van der Waals surface area contributed by atoms with E-state index in [2.05, 4.69) is 86.8 Å². The summed E-state index contributed by atoms with van der Waals surface area (Å²) < 4.78 is 17.0. The van der Waals surface area contributed by atoms with Crippen LogP contribution in [-0.4, -0.2) is 75.5 Å². The Morgan fingerprint density at radius 1 is 0.552 bits per heavy atom. The van der Waals surface area contributed by atoms with Gasteiger partial charge in [0.15, 0.2) is 6.10 Å². The normalized spacial score (nSPS) is 14.2. The number of carboxylic acid groups (broad SMARTS) is 1. The highest BCUT2D eigenvalue weighted by Crippen LogP contribution is 2.11. The lowest BCUT2D eigenvalue weighted by Crippen LogP contribution is -2.55. The van der Waals surface area contributed by atoms with Gasteiger partial charge in [0.05, 0.1) is 40.3 Å². The molecular weight excluding hydrogens is 727 g/mol. The summed E-state index contributed by atoms with van der Waals surface area (Å²) in [6, 6.07) is -0.749. The van der Waals surface area contributed by atoms with E-state index in [1.165, 1.54) is 6.42 Å². The molecule has 0 rings (SSSR count). The highest BCUT2D eigenvalue weighted by molar-refractivity contribution is 5.70. The van der Waals surface area contributed by atoms with Gasteiger partial charge in [-0.05, 0) is 64.2 Å². The van der Waals surface area contributed by atoms with Crippen LogP contribution in [-0.2, 0) is 28.6 Å². The van der Waals surface area contributed by atoms with Gasteiger partial charge in [0.1, 0.15) is 12.6 Å². The Morgan fingerprint density at radius 3 is 1.62 bits per heavy atom. The van der Waals surface area contributed by atoms with Crippen molar-refractivity contribution < 1.29 is 38.2 Å². The monoisotopic (exact) mass is 804 g/mol. The van der Waals surface area contributed by atoms with E-state index in [0.717, 1.165) is 70.6 Å². The van der Waals surface area contributed by atoms with Crippen LogP contribution in [0.4, 0.5) is 0 Å². The molecule has 58 heavy (non-hydrogen) atoms. The molecule has 0 aliphatic rings. The fourth-order valence-electron chi connectivity index (χ4n) is 5.38. The zero-order chi connectivity index (χ0) is 42.8. The summed E-state index contributed by atoms with van der Waals surface area (Å²) in [5.41, 5.74) is 0. The highest BCUT2D eigenvalue weighted by Gasteiger charge is 2.25. The SMILES string of the molecule is CC/C=C/C/C=C/C/C=C/C/C=C/C/C=C/CCC(=O)OCC(COCCC(C(=O)[O-])[N+](C)(C)C)OC(=O)CCCCCCC/C=C/C=C/C=C/C=C/C=C/CCC. The van der Waals surface area contributed by atoms with Crippen molar-refractivity contribution in [2.24, 2.45) is 0 Å². The number of rotatable bonds is 36. The number of hydrogen-bond donors (Lipinski definition) is 0. The molecule has 0 aromatic heterocycles. The summed E-state index contributed by atoms with van der Waals surface area (Å²) in [5.74, 6) is -1.90. The predicted molar refractivity (Wildman–Crippen MR) is 240 cm³/mol. The summed E-state index contributed by atoms with van der Waals surface area (Å²) in [6.45, 7) is 4.31. The minimum atomic E-state index is -1.15. The number of nitrogens with zero attached hydrogens (tertiary/aromatic N) is 1. The van der Waals surface area contributed by atoms with E-state index in [4.69, 9.17) is 14.2 Å². The van der Waals surface area contributed by atoms with Crippen molar-refractivity contribution in [2.45, 2.75) is 135 Å². The summed E-state index contributed by atoms with van der Waals surface area (Å²) in [4.78, 5) is 36.8. The molecule has 0 bridgehead atoms. The zero-order valence-corrected chi connectivity index (χ0v) is 36.6. The standard InChI is InChI=1S/C50H77NO7/c1-6-8-10-12-14-16-18-20-22-24-25-27-29-31-33-35-37-39-41-49(53)58-46(44-56-43-42-47(50(54)55)51(3,4)5)45-57-48(52)40-38-36-34-32-30-28-26-23-21-19-17-15-13-11-9-7-2/h9-12,14-18,20-25,27-28,30,34,36,46-47H,6-8,13,19,26,29,31-33,35,37-45H2,1-5H3/b11-9+,12-10+,16-14+,17-15+,20-18+,23-21+,24-22+,27-25+,30-28+,36-34+. The van der Waals surface area contributed by atoms with Crippen LogP contribution in [0.15, 0.2) is 122 Å².